The molecule has 0 radical (unpaired) electrons. The Bertz CT molecular complexity index is 2510. The van der Waals surface area contributed by atoms with E-state index in [1.165, 1.54) is 12.4 Å². The molecule has 28 heteroatoms. The molecule has 0 fully saturated rings. The van der Waals surface area contributed by atoms with E-state index in [2.05, 4.69) is 9.72 Å². The first-order chi connectivity index (χ1) is 30.2. The van der Waals surface area contributed by atoms with E-state index in [0.717, 1.165) is 10.8 Å². The van der Waals surface area contributed by atoms with Gasteiger partial charge in [-0.1, -0.05) is 30.3 Å². The molecule has 0 aliphatic carbocycles. The molecule has 0 atom stereocenters. The van der Waals surface area contributed by atoms with Crippen molar-refractivity contribution in [3.8, 4) is 5.88 Å². The maximum absolute atomic E-state index is 15.4. The van der Waals surface area contributed by atoms with E-state index < -0.39 is 157 Å². The van der Waals surface area contributed by atoms with Crippen molar-refractivity contribution in [3.05, 3.63) is 171 Å². The molecule has 344 valence electrons. The summed E-state index contributed by atoms with van der Waals surface area (Å²) in [5.41, 5.74) is -13.9. The lowest BCUT2D eigenvalue weighted by Crippen LogP contribution is -2.81. The van der Waals surface area contributed by atoms with Crippen LogP contribution in [0.3, 0.4) is 0 Å². The van der Waals surface area contributed by atoms with E-state index in [4.69, 9.17) is 0 Å². The van der Waals surface area contributed by atoms with Crippen molar-refractivity contribution in [2.75, 3.05) is 0 Å². The number of hydrogen-bond acceptors (Lipinski definition) is 3. The molecule has 0 saturated heterocycles. The van der Waals surface area contributed by atoms with Gasteiger partial charge in [0.15, 0.2) is 76.0 Å². The fourth-order valence-corrected chi connectivity index (χ4v) is 6.45. The third-order valence-electron chi connectivity index (χ3n) is 9.14. The average molecular weight is 962 g/mol. The quantitative estimate of drug-likeness (QED) is 0.0389. The van der Waals surface area contributed by atoms with Gasteiger partial charge in [-0.25, -0.2) is 92.8 Å². The summed E-state index contributed by atoms with van der Waals surface area (Å²) in [6.07, 6.45) is -8.61. The Labute approximate surface area is 343 Å². The molecule has 4 nitrogen and oxygen atoms in total. The first-order valence-corrected chi connectivity index (χ1v) is 16.6. The van der Waals surface area contributed by atoms with Crippen LogP contribution in [-0.4, -0.2) is 23.3 Å². The molecular weight excluding hydrogens is 952 g/mol. The second-order valence-electron chi connectivity index (χ2n) is 12.7. The molecule has 65 heavy (non-hydrogen) atoms. The highest BCUT2D eigenvalue weighted by molar-refractivity contribution is 7.20. The van der Waals surface area contributed by atoms with Crippen molar-refractivity contribution in [2.24, 2.45) is 0 Å². The van der Waals surface area contributed by atoms with Crippen LogP contribution in [0.4, 0.5) is 101 Å². The first kappa shape index (κ1) is 49.1. The molecule has 0 bridgehead atoms. The topological polar surface area (TPSA) is 43.1 Å². The van der Waals surface area contributed by atoms with Crippen molar-refractivity contribution in [2.45, 2.75) is 12.9 Å². The van der Waals surface area contributed by atoms with Crippen molar-refractivity contribution in [1.82, 2.24) is 4.98 Å². The van der Waals surface area contributed by atoms with Crippen LogP contribution in [-0.2, 0) is 6.54 Å². The number of hydrogen-bond donors (Lipinski definition) is 0. The predicted molar refractivity (Wildman–Crippen MR) is 171 cm³/mol. The van der Waals surface area contributed by atoms with Crippen LogP contribution < -0.4 is 31.2 Å². The van der Waals surface area contributed by atoms with Crippen molar-refractivity contribution >= 4 is 33.8 Å². The van der Waals surface area contributed by atoms with Crippen molar-refractivity contribution in [1.29, 1.82) is 0 Å². The molecule has 0 unspecified atom stereocenters. The van der Waals surface area contributed by atoms with E-state index in [1.54, 1.807) is 30.3 Å². The molecule has 0 spiro atoms. The van der Waals surface area contributed by atoms with E-state index in [1.807, 2.05) is 0 Å². The van der Waals surface area contributed by atoms with Gasteiger partial charge < -0.3 is 4.74 Å². The van der Waals surface area contributed by atoms with Gasteiger partial charge in [-0.2, -0.15) is 4.57 Å². The van der Waals surface area contributed by atoms with Crippen LogP contribution in [0.15, 0.2) is 48.9 Å². The van der Waals surface area contributed by atoms with Gasteiger partial charge in [0, 0.05) is 5.56 Å². The molecule has 5 aromatic carbocycles. The van der Waals surface area contributed by atoms with Gasteiger partial charge >= 0.3 is 12.2 Å². The first-order valence-electron chi connectivity index (χ1n) is 16.6. The largest absolute Gasteiger partial charge is 0.577 e. The van der Waals surface area contributed by atoms with Crippen LogP contribution in [0.1, 0.15) is 10.4 Å². The Morgan fingerprint density at radius 3 is 1.02 bits per heavy atom. The highest BCUT2D eigenvalue weighted by Gasteiger charge is 2.52. The summed E-state index contributed by atoms with van der Waals surface area (Å²) >= 11 is 0. The maximum atomic E-state index is 15.4. The molecule has 0 amide bonds. The summed E-state index contributed by atoms with van der Waals surface area (Å²) in [6, 6.07) is 8.28. The standard InChI is InChI=1S/C24BF20.C13H10F3N2O2/c26-5-1(6(27)14(35)21(42)13(5)34)25(2-7(28)15(36)22(43)16(37)8(2)29,3-9(30)17(38)23(44)18(39)10(3)31)4-11(32)19(40)24(45)20(41)12(4)33;14-13(15,16)20-12-8-17-6-7-18(12)9-11(19)10-4-2-1-3-5-10/h;1-8H,9H2/q-1;+1. The van der Waals surface area contributed by atoms with Crippen molar-refractivity contribution < 1.29 is 115 Å². The van der Waals surface area contributed by atoms with Crippen LogP contribution in [0.5, 0.6) is 5.88 Å². The highest BCUT2D eigenvalue weighted by atomic mass is 19.4. The average Bonchev–Trinajstić information content (AvgIpc) is 3.27. The smallest absolute Gasteiger partial charge is 0.349 e. The van der Waals surface area contributed by atoms with Gasteiger partial charge in [0.1, 0.15) is 58.9 Å². The second-order valence-corrected chi connectivity index (χ2v) is 12.7. The molecule has 0 N–H and O–H groups in total. The normalized spacial score (nSPS) is 11.7. The summed E-state index contributed by atoms with van der Waals surface area (Å²) in [6.45, 7) is -0.266. The van der Waals surface area contributed by atoms with Gasteiger partial charge in [0.25, 0.3) is 0 Å². The zero-order valence-corrected chi connectivity index (χ0v) is 30.3. The number of alkyl halides is 3. The van der Waals surface area contributed by atoms with Crippen LogP contribution in [0.2, 0.25) is 0 Å². The minimum atomic E-state index is -7.22. The number of nitrogens with zero attached hydrogens (tertiary/aromatic N) is 2. The third-order valence-corrected chi connectivity index (χ3v) is 9.14. The van der Waals surface area contributed by atoms with E-state index in [-0.39, 0.29) is 12.3 Å². The molecule has 6 aromatic rings. The highest BCUT2D eigenvalue weighted by Crippen LogP contribution is 2.31. The number of aromatic nitrogens is 2. The minimum Gasteiger partial charge on any atom is -0.349 e. The number of carbonyl (C=O) groups is 1. The zero-order chi connectivity index (χ0) is 48.9. The number of carbonyl (C=O) groups excluding carboxylic acids is 1. The Kier molecular flexibility index (Phi) is 13.6. The number of rotatable bonds is 8. The number of ketones is 1. The molecular formula is C37H10BF23N2O2. The van der Waals surface area contributed by atoms with Gasteiger partial charge in [0.05, 0.1) is 6.20 Å². The zero-order valence-electron chi connectivity index (χ0n) is 30.3. The van der Waals surface area contributed by atoms with Crippen LogP contribution >= 0.6 is 0 Å². The lowest BCUT2D eigenvalue weighted by Gasteiger charge is -2.44. The molecule has 6 rings (SSSR count). The van der Waals surface area contributed by atoms with Crippen molar-refractivity contribution in [3.63, 3.8) is 0 Å². The number of ether oxygens (including phenoxy) is 1. The Morgan fingerprint density at radius 1 is 0.462 bits per heavy atom. The molecule has 0 saturated carbocycles. The fraction of sp³-hybridized carbons (Fsp3) is 0.0541. The second kappa shape index (κ2) is 17.9. The lowest BCUT2D eigenvalue weighted by molar-refractivity contribution is -0.693. The Hall–Kier alpha value is -6.90. The lowest BCUT2D eigenvalue weighted by atomic mass is 9.12. The van der Waals surface area contributed by atoms with Gasteiger partial charge in [0.2, 0.25) is 12.3 Å². The summed E-state index contributed by atoms with van der Waals surface area (Å²) in [5.74, 6) is -72.3. The van der Waals surface area contributed by atoms with E-state index >= 15 is 35.1 Å². The Morgan fingerprint density at radius 2 is 0.738 bits per heavy atom. The summed E-state index contributed by atoms with van der Waals surface area (Å²) in [4.78, 5) is 15.5. The molecule has 0 aliphatic heterocycles. The van der Waals surface area contributed by atoms with Crippen LogP contribution in [0, 0.1) is 116 Å². The van der Waals surface area contributed by atoms with E-state index in [9.17, 15) is 70.7 Å². The monoisotopic (exact) mass is 962 g/mol. The third kappa shape index (κ3) is 8.24. The SMILES string of the molecule is Fc1c(F)c(F)c([B-](c2c(F)c(F)c(F)c(F)c2F)(c2c(F)c(F)c(F)c(F)c2F)c2c(F)c(F)c(F)c(F)c2F)c(F)c1F.O=C(C[n+]1ccncc1OC(F)(F)F)c1ccccc1. The fourth-order valence-electron chi connectivity index (χ4n) is 6.45. The maximum Gasteiger partial charge on any atom is 0.577 e. The van der Waals surface area contributed by atoms with E-state index in [0.29, 0.717) is 5.56 Å². The molecule has 0 aliphatic rings. The Balaban J connectivity index is 0.000000330. The number of benzene rings is 5. The van der Waals surface area contributed by atoms with Gasteiger partial charge in [-0.15, -0.1) is 35.0 Å². The minimum absolute atomic E-state index is 0.266. The van der Waals surface area contributed by atoms with Gasteiger partial charge in [-0.05, 0) is 0 Å². The number of halogens is 23. The molecule has 1 aromatic heterocycles. The summed E-state index contributed by atoms with van der Waals surface area (Å²) < 4.78 is 336. The summed E-state index contributed by atoms with van der Waals surface area (Å²) in [7, 11) is 0. The number of Topliss-reactive ketones (excluding diaryl/α,β-unsaturated/α-hetero) is 1. The van der Waals surface area contributed by atoms with Gasteiger partial charge in [-0.3, -0.25) is 4.79 Å². The molecule has 1 heterocycles. The van der Waals surface area contributed by atoms with Crippen LogP contribution in [0.25, 0.3) is 0 Å². The predicted octanol–water partition coefficient (Wildman–Crippen LogP) is 8.00. The summed E-state index contributed by atoms with van der Waals surface area (Å²) in [5, 5.41) is 0.